The van der Waals surface area contributed by atoms with E-state index in [-0.39, 0.29) is 12.1 Å². The first-order valence-corrected chi connectivity index (χ1v) is 4.05. The molecule has 0 heterocycles. The molecule has 0 aliphatic heterocycles. The molecule has 0 aliphatic carbocycles. The summed E-state index contributed by atoms with van der Waals surface area (Å²) in [5.74, 6) is 0. The van der Waals surface area contributed by atoms with Crippen molar-refractivity contribution in [2.45, 2.75) is 13.3 Å². The van der Waals surface area contributed by atoms with Gasteiger partial charge in [-0.15, -0.1) is 5.16 Å². The van der Waals surface area contributed by atoms with E-state index in [1.165, 1.54) is 6.21 Å². The summed E-state index contributed by atoms with van der Waals surface area (Å²) >= 11 is 0. The van der Waals surface area contributed by atoms with Crippen LogP contribution >= 0.6 is 0 Å². The average Bonchev–Trinajstić information content (AvgIpc) is 2.14. The predicted octanol–water partition coefficient (Wildman–Crippen LogP) is 1.91. The van der Waals surface area contributed by atoms with Gasteiger partial charge < -0.3 is 5.21 Å². The van der Waals surface area contributed by atoms with Crippen molar-refractivity contribution in [3.05, 3.63) is 39.4 Å². The first-order chi connectivity index (χ1) is 6.66. The molecular weight excluding hydrogens is 184 g/mol. The van der Waals surface area contributed by atoms with Crippen LogP contribution < -0.4 is 0 Å². The Morgan fingerprint density at radius 2 is 2.36 bits per heavy atom. The standard InChI is InChI=1S/C9H10N2O3/c1-7-3-2-4-8(5-6-10-12)9(7)11(13)14/h2-4,6,12H,5H2,1H3/b10-6-. The predicted molar refractivity (Wildman–Crippen MR) is 51.8 cm³/mol. The van der Waals surface area contributed by atoms with Crippen molar-refractivity contribution >= 4 is 11.9 Å². The van der Waals surface area contributed by atoms with E-state index in [4.69, 9.17) is 5.21 Å². The molecule has 74 valence electrons. The summed E-state index contributed by atoms with van der Waals surface area (Å²) in [6.45, 7) is 1.68. The number of hydrogen-bond donors (Lipinski definition) is 1. The second-order valence-corrected chi connectivity index (χ2v) is 2.84. The number of hydrogen-bond acceptors (Lipinski definition) is 4. The highest BCUT2D eigenvalue weighted by atomic mass is 16.6. The van der Waals surface area contributed by atoms with Crippen LogP contribution in [-0.4, -0.2) is 16.3 Å². The number of benzene rings is 1. The van der Waals surface area contributed by atoms with Gasteiger partial charge in [-0.3, -0.25) is 10.1 Å². The highest BCUT2D eigenvalue weighted by Crippen LogP contribution is 2.22. The zero-order chi connectivity index (χ0) is 10.6. The van der Waals surface area contributed by atoms with Crippen LogP contribution in [0.2, 0.25) is 0 Å². The largest absolute Gasteiger partial charge is 0.411 e. The third-order valence-corrected chi connectivity index (χ3v) is 1.90. The molecule has 5 heteroatoms. The summed E-state index contributed by atoms with van der Waals surface area (Å²) in [6.07, 6.45) is 1.48. The van der Waals surface area contributed by atoms with Gasteiger partial charge >= 0.3 is 0 Å². The van der Waals surface area contributed by atoms with Crippen molar-refractivity contribution < 1.29 is 10.1 Å². The summed E-state index contributed by atoms with van der Waals surface area (Å²) in [7, 11) is 0. The fourth-order valence-electron chi connectivity index (χ4n) is 1.28. The molecule has 0 fully saturated rings. The van der Waals surface area contributed by atoms with Gasteiger partial charge in [-0.05, 0) is 6.92 Å². The Morgan fingerprint density at radius 3 is 2.93 bits per heavy atom. The molecule has 0 bridgehead atoms. The van der Waals surface area contributed by atoms with Crippen LogP contribution in [0.1, 0.15) is 11.1 Å². The van der Waals surface area contributed by atoms with Gasteiger partial charge in [-0.1, -0.05) is 18.2 Å². The molecule has 1 aromatic rings. The van der Waals surface area contributed by atoms with Gasteiger partial charge in [0.25, 0.3) is 5.69 Å². The van der Waals surface area contributed by atoms with Crippen LogP contribution in [-0.2, 0) is 6.42 Å². The summed E-state index contributed by atoms with van der Waals surface area (Å²) in [5.41, 5.74) is 1.25. The number of para-hydroxylation sites is 1. The van der Waals surface area contributed by atoms with E-state index in [1.54, 1.807) is 25.1 Å². The van der Waals surface area contributed by atoms with E-state index < -0.39 is 4.92 Å². The van der Waals surface area contributed by atoms with Gasteiger partial charge in [-0.25, -0.2) is 0 Å². The average molecular weight is 194 g/mol. The van der Waals surface area contributed by atoms with Gasteiger partial charge in [0, 0.05) is 23.8 Å². The minimum absolute atomic E-state index is 0.0902. The second kappa shape index (κ2) is 4.36. The fourth-order valence-corrected chi connectivity index (χ4v) is 1.28. The number of aryl methyl sites for hydroxylation is 1. The van der Waals surface area contributed by atoms with E-state index in [9.17, 15) is 10.1 Å². The molecule has 1 rings (SSSR count). The summed E-state index contributed by atoms with van der Waals surface area (Å²) in [6, 6.07) is 5.06. The van der Waals surface area contributed by atoms with Crippen molar-refractivity contribution in [1.82, 2.24) is 0 Å². The van der Waals surface area contributed by atoms with E-state index in [0.29, 0.717) is 11.1 Å². The van der Waals surface area contributed by atoms with Gasteiger partial charge in [0.2, 0.25) is 0 Å². The Morgan fingerprint density at radius 1 is 1.64 bits per heavy atom. The third kappa shape index (κ3) is 2.07. The lowest BCUT2D eigenvalue weighted by atomic mass is 10.1. The zero-order valence-electron chi connectivity index (χ0n) is 7.67. The Kier molecular flexibility index (Phi) is 3.17. The molecule has 0 aliphatic rings. The van der Waals surface area contributed by atoms with E-state index in [0.717, 1.165) is 0 Å². The molecule has 0 amide bonds. The first-order valence-electron chi connectivity index (χ1n) is 4.05. The minimum Gasteiger partial charge on any atom is -0.411 e. The Hall–Kier alpha value is -1.91. The first kappa shape index (κ1) is 10.2. The highest BCUT2D eigenvalue weighted by Gasteiger charge is 2.15. The monoisotopic (exact) mass is 194 g/mol. The maximum Gasteiger partial charge on any atom is 0.275 e. The normalized spacial score (nSPS) is 10.6. The fraction of sp³-hybridized carbons (Fsp3) is 0.222. The van der Waals surface area contributed by atoms with E-state index in [1.807, 2.05) is 0 Å². The molecule has 5 nitrogen and oxygen atoms in total. The molecule has 0 aromatic heterocycles. The minimum atomic E-state index is -0.421. The molecule has 0 unspecified atom stereocenters. The number of nitrogens with zero attached hydrogens (tertiary/aromatic N) is 2. The quantitative estimate of drug-likeness (QED) is 0.345. The number of rotatable bonds is 3. The van der Waals surface area contributed by atoms with Crippen LogP contribution in [0.15, 0.2) is 23.4 Å². The topological polar surface area (TPSA) is 75.7 Å². The molecule has 0 atom stereocenters. The van der Waals surface area contributed by atoms with Gasteiger partial charge in [0.1, 0.15) is 0 Å². The maximum atomic E-state index is 10.7. The summed E-state index contributed by atoms with van der Waals surface area (Å²) < 4.78 is 0. The highest BCUT2D eigenvalue weighted by molar-refractivity contribution is 5.64. The van der Waals surface area contributed by atoms with Crippen molar-refractivity contribution in [3.63, 3.8) is 0 Å². The van der Waals surface area contributed by atoms with Crippen molar-refractivity contribution in [1.29, 1.82) is 0 Å². The molecule has 0 spiro atoms. The lowest BCUT2D eigenvalue weighted by Gasteiger charge is -2.01. The second-order valence-electron chi connectivity index (χ2n) is 2.84. The van der Waals surface area contributed by atoms with Gasteiger partial charge in [0.15, 0.2) is 0 Å². The summed E-state index contributed by atoms with van der Waals surface area (Å²) in [4.78, 5) is 10.3. The molecule has 0 saturated carbocycles. The van der Waals surface area contributed by atoms with Crippen molar-refractivity contribution in [2.24, 2.45) is 5.16 Å². The van der Waals surface area contributed by atoms with Crippen molar-refractivity contribution in [2.75, 3.05) is 0 Å². The third-order valence-electron chi connectivity index (χ3n) is 1.90. The lowest BCUT2D eigenvalue weighted by molar-refractivity contribution is -0.386. The van der Waals surface area contributed by atoms with Crippen molar-refractivity contribution in [3.8, 4) is 0 Å². The van der Waals surface area contributed by atoms with Gasteiger partial charge in [0.05, 0.1) is 4.92 Å². The van der Waals surface area contributed by atoms with E-state index in [2.05, 4.69) is 5.16 Å². The number of nitro benzene ring substituents is 1. The summed E-state index contributed by atoms with van der Waals surface area (Å²) in [5, 5.41) is 21.7. The lowest BCUT2D eigenvalue weighted by Crippen LogP contribution is -1.98. The SMILES string of the molecule is Cc1cccc(C/C=N\O)c1[N+](=O)[O-]. The smallest absolute Gasteiger partial charge is 0.275 e. The number of oxime groups is 1. The van der Waals surface area contributed by atoms with Crippen LogP contribution in [0.3, 0.4) is 0 Å². The maximum absolute atomic E-state index is 10.7. The Bertz CT molecular complexity index is 374. The molecule has 14 heavy (non-hydrogen) atoms. The van der Waals surface area contributed by atoms with E-state index >= 15 is 0 Å². The molecule has 1 aromatic carbocycles. The molecule has 0 radical (unpaired) electrons. The van der Waals surface area contributed by atoms with Crippen LogP contribution in [0.25, 0.3) is 0 Å². The number of nitro groups is 1. The van der Waals surface area contributed by atoms with Gasteiger partial charge in [-0.2, -0.15) is 0 Å². The van der Waals surface area contributed by atoms with Crippen LogP contribution in [0.4, 0.5) is 5.69 Å². The Balaban J connectivity index is 3.14. The molecular formula is C9H10N2O3. The van der Waals surface area contributed by atoms with Crippen LogP contribution in [0, 0.1) is 17.0 Å². The Labute approximate surface area is 80.8 Å². The molecule has 0 saturated heterocycles. The zero-order valence-corrected chi connectivity index (χ0v) is 7.67. The van der Waals surface area contributed by atoms with Crippen LogP contribution in [0.5, 0.6) is 0 Å². The molecule has 1 N–H and O–H groups in total.